The summed E-state index contributed by atoms with van der Waals surface area (Å²) in [4.78, 5) is 16.3. The molecule has 0 aromatic rings. The number of hydrogen-bond acceptors (Lipinski definition) is 3. The average molecular weight is 227 g/mol. The third-order valence-electron chi connectivity index (χ3n) is 3.81. The Balaban J connectivity index is 2.84. The number of nitrogens with one attached hydrogen (secondary N) is 1. The smallest absolute Gasteiger partial charge is 0.239 e. The fourth-order valence-corrected chi connectivity index (χ4v) is 2.17. The Labute approximate surface area is 99.0 Å². The third-order valence-corrected chi connectivity index (χ3v) is 3.81. The summed E-state index contributed by atoms with van der Waals surface area (Å²) in [5, 5.41) is 3.12. The van der Waals surface area contributed by atoms with Gasteiger partial charge in [0.2, 0.25) is 5.91 Å². The Morgan fingerprint density at radius 2 is 2.06 bits per heavy atom. The van der Waals surface area contributed by atoms with Gasteiger partial charge in [0.1, 0.15) is 0 Å². The van der Waals surface area contributed by atoms with Crippen LogP contribution in [0.4, 0.5) is 0 Å². The normalized spacial score (nSPS) is 26.9. The van der Waals surface area contributed by atoms with E-state index in [0.29, 0.717) is 0 Å². The van der Waals surface area contributed by atoms with Crippen LogP contribution in [-0.2, 0) is 4.79 Å². The van der Waals surface area contributed by atoms with Crippen LogP contribution in [0.5, 0.6) is 0 Å². The molecule has 1 N–H and O–H groups in total. The molecule has 1 unspecified atom stereocenters. The van der Waals surface area contributed by atoms with Gasteiger partial charge in [0.25, 0.3) is 0 Å². The molecule has 0 saturated carbocycles. The van der Waals surface area contributed by atoms with E-state index in [0.717, 1.165) is 25.9 Å². The number of nitrogens with zero attached hydrogens (tertiary/aromatic N) is 2. The first kappa shape index (κ1) is 13.5. The van der Waals surface area contributed by atoms with E-state index >= 15 is 0 Å². The number of rotatable bonds is 3. The van der Waals surface area contributed by atoms with Gasteiger partial charge >= 0.3 is 0 Å². The van der Waals surface area contributed by atoms with Gasteiger partial charge in [-0.05, 0) is 47.3 Å². The second-order valence-electron chi connectivity index (χ2n) is 5.34. The lowest BCUT2D eigenvalue weighted by molar-refractivity contribution is -0.134. The van der Waals surface area contributed by atoms with Crippen LogP contribution in [0.25, 0.3) is 0 Å². The molecule has 1 rings (SSSR count). The minimum atomic E-state index is 0.00921. The monoisotopic (exact) mass is 227 g/mol. The highest BCUT2D eigenvalue weighted by Gasteiger charge is 2.37. The first-order valence-corrected chi connectivity index (χ1v) is 6.02. The van der Waals surface area contributed by atoms with Gasteiger partial charge in [-0.25, -0.2) is 0 Å². The van der Waals surface area contributed by atoms with Crippen LogP contribution in [-0.4, -0.2) is 61.5 Å². The van der Waals surface area contributed by atoms with Crippen molar-refractivity contribution >= 4 is 5.91 Å². The summed E-state index contributed by atoms with van der Waals surface area (Å²) in [7, 11) is 5.90. The maximum atomic E-state index is 12.2. The molecule has 1 fully saturated rings. The fourth-order valence-electron chi connectivity index (χ4n) is 2.17. The van der Waals surface area contributed by atoms with Gasteiger partial charge in [0, 0.05) is 19.1 Å². The Hall–Kier alpha value is -0.610. The first-order chi connectivity index (χ1) is 7.40. The lowest BCUT2D eigenvalue weighted by atomic mass is 9.97. The van der Waals surface area contributed by atoms with Crippen molar-refractivity contribution in [2.45, 2.75) is 38.3 Å². The van der Waals surface area contributed by atoms with Crippen molar-refractivity contribution in [1.82, 2.24) is 15.1 Å². The number of amides is 1. The largest absolute Gasteiger partial charge is 0.344 e. The molecule has 4 nitrogen and oxygen atoms in total. The van der Waals surface area contributed by atoms with Gasteiger partial charge in [0.05, 0.1) is 6.04 Å². The number of likely N-dealkylation sites (N-methyl/N-ethyl adjacent to an activating group) is 2. The minimum absolute atomic E-state index is 0.00921. The van der Waals surface area contributed by atoms with Gasteiger partial charge < -0.3 is 10.2 Å². The van der Waals surface area contributed by atoms with Gasteiger partial charge in [-0.1, -0.05) is 0 Å². The Bertz CT molecular complexity index is 253. The van der Waals surface area contributed by atoms with Crippen LogP contribution in [0.3, 0.4) is 0 Å². The zero-order valence-electron chi connectivity index (χ0n) is 11.2. The Morgan fingerprint density at radius 3 is 2.62 bits per heavy atom. The van der Waals surface area contributed by atoms with E-state index in [4.69, 9.17) is 0 Å². The molecule has 0 aliphatic carbocycles. The summed E-state index contributed by atoms with van der Waals surface area (Å²) < 4.78 is 0. The second kappa shape index (κ2) is 5.15. The average Bonchev–Trinajstić information content (AvgIpc) is 2.30. The van der Waals surface area contributed by atoms with E-state index in [9.17, 15) is 4.79 Å². The summed E-state index contributed by atoms with van der Waals surface area (Å²) in [5.74, 6) is 0.253. The van der Waals surface area contributed by atoms with Crippen molar-refractivity contribution in [3.05, 3.63) is 0 Å². The molecule has 1 amide bonds. The lowest BCUT2D eigenvalue weighted by Gasteiger charge is -2.37. The van der Waals surface area contributed by atoms with Crippen molar-refractivity contribution in [3.63, 3.8) is 0 Å². The van der Waals surface area contributed by atoms with E-state index in [1.54, 1.807) is 0 Å². The first-order valence-electron chi connectivity index (χ1n) is 6.02. The van der Waals surface area contributed by atoms with Crippen LogP contribution in [0, 0.1) is 0 Å². The molecule has 0 aromatic carbocycles. The van der Waals surface area contributed by atoms with Gasteiger partial charge in [-0.2, -0.15) is 0 Å². The molecule has 1 aliphatic rings. The Kier molecular flexibility index (Phi) is 4.33. The summed E-state index contributed by atoms with van der Waals surface area (Å²) in [5.41, 5.74) is 0.0961. The van der Waals surface area contributed by atoms with Crippen LogP contribution in [0.1, 0.15) is 26.7 Å². The zero-order chi connectivity index (χ0) is 12.3. The van der Waals surface area contributed by atoms with Crippen LogP contribution in [0.2, 0.25) is 0 Å². The van der Waals surface area contributed by atoms with Crippen molar-refractivity contribution in [2.75, 3.05) is 34.2 Å². The number of hydrogen-bond donors (Lipinski definition) is 1. The molecule has 1 saturated heterocycles. The maximum Gasteiger partial charge on any atom is 0.239 e. The molecule has 0 spiro atoms. The van der Waals surface area contributed by atoms with Gasteiger partial charge in [-0.3, -0.25) is 9.69 Å². The van der Waals surface area contributed by atoms with E-state index in [1.165, 1.54) is 0 Å². The zero-order valence-corrected chi connectivity index (χ0v) is 11.2. The molecule has 1 atom stereocenters. The third kappa shape index (κ3) is 2.74. The standard InChI is InChI=1S/C12H25N3O/c1-12(2)7-9-14(4)11(16)10(15(12)5)6-8-13-3/h10,13H,6-9H2,1-5H3. The predicted octanol–water partition coefficient (Wildman–Crippen LogP) is 0.537. The predicted molar refractivity (Wildman–Crippen MR) is 66.4 cm³/mol. The van der Waals surface area contributed by atoms with Crippen LogP contribution in [0.15, 0.2) is 0 Å². The fraction of sp³-hybridized carbons (Fsp3) is 0.917. The SMILES string of the molecule is CNCCC1C(=O)N(C)CCC(C)(C)N1C. The highest BCUT2D eigenvalue weighted by atomic mass is 16.2. The molecular weight excluding hydrogens is 202 g/mol. The minimum Gasteiger partial charge on any atom is -0.344 e. The molecule has 0 aromatic heterocycles. The van der Waals surface area contributed by atoms with E-state index in [-0.39, 0.29) is 17.5 Å². The quantitative estimate of drug-likeness (QED) is 0.764. The van der Waals surface area contributed by atoms with E-state index in [2.05, 4.69) is 31.1 Å². The molecular formula is C12H25N3O. The summed E-state index contributed by atoms with van der Waals surface area (Å²) in [6, 6.07) is 0.00921. The summed E-state index contributed by atoms with van der Waals surface area (Å²) >= 11 is 0. The maximum absolute atomic E-state index is 12.2. The van der Waals surface area contributed by atoms with Crippen LogP contribution >= 0.6 is 0 Å². The highest BCUT2D eigenvalue weighted by molar-refractivity contribution is 5.82. The molecule has 0 radical (unpaired) electrons. The van der Waals surface area contributed by atoms with Crippen molar-refractivity contribution in [2.24, 2.45) is 0 Å². The van der Waals surface area contributed by atoms with Crippen molar-refractivity contribution in [1.29, 1.82) is 0 Å². The topological polar surface area (TPSA) is 35.6 Å². The van der Waals surface area contributed by atoms with Crippen molar-refractivity contribution in [3.8, 4) is 0 Å². The highest BCUT2D eigenvalue weighted by Crippen LogP contribution is 2.25. The van der Waals surface area contributed by atoms with Gasteiger partial charge in [-0.15, -0.1) is 0 Å². The second-order valence-corrected chi connectivity index (χ2v) is 5.34. The van der Waals surface area contributed by atoms with Crippen molar-refractivity contribution < 1.29 is 4.79 Å². The lowest BCUT2D eigenvalue weighted by Crippen LogP contribution is -2.51. The Morgan fingerprint density at radius 1 is 1.44 bits per heavy atom. The summed E-state index contributed by atoms with van der Waals surface area (Å²) in [6.45, 7) is 6.16. The van der Waals surface area contributed by atoms with E-state index in [1.807, 2.05) is 19.0 Å². The molecule has 1 aliphatic heterocycles. The molecule has 1 heterocycles. The summed E-state index contributed by atoms with van der Waals surface area (Å²) in [6.07, 6.45) is 1.90. The molecule has 0 bridgehead atoms. The molecule has 94 valence electrons. The van der Waals surface area contributed by atoms with E-state index < -0.39 is 0 Å². The molecule has 4 heteroatoms. The molecule has 16 heavy (non-hydrogen) atoms. The van der Waals surface area contributed by atoms with Gasteiger partial charge in [0.15, 0.2) is 0 Å². The number of carbonyl (C=O) groups is 1. The van der Waals surface area contributed by atoms with Crippen LogP contribution < -0.4 is 5.32 Å². The number of carbonyl (C=O) groups excluding carboxylic acids is 1.